The van der Waals surface area contributed by atoms with Crippen LogP contribution in [0.4, 0.5) is 0 Å². The van der Waals surface area contributed by atoms with E-state index < -0.39 is 0 Å². The fourth-order valence-electron chi connectivity index (χ4n) is 0.109. The zero-order valence-corrected chi connectivity index (χ0v) is 2.59. The Hall–Kier alpha value is -0.790. The van der Waals surface area contributed by atoms with Gasteiger partial charge >= 0.3 is 0 Å². The van der Waals surface area contributed by atoms with Gasteiger partial charge in [0.15, 0.2) is 0 Å². The van der Waals surface area contributed by atoms with Crippen molar-refractivity contribution in [3.8, 4) is 0 Å². The molecule has 0 aromatic carbocycles. The van der Waals surface area contributed by atoms with Gasteiger partial charge in [0.2, 0.25) is 6.41 Å². The maximum atomic E-state index is 9.43. The van der Waals surface area contributed by atoms with Crippen LogP contribution in [0, 0.1) is 0 Å². The number of amides is 1. The minimum atomic E-state index is 0.750. The van der Waals surface area contributed by atoms with Gasteiger partial charge in [-0.2, -0.15) is 0 Å². The van der Waals surface area contributed by atoms with E-state index in [1.807, 2.05) is 0 Å². The third kappa shape index (κ3) is 0.265. The van der Waals surface area contributed by atoms with Crippen molar-refractivity contribution < 1.29 is 4.79 Å². The molecule has 0 aliphatic carbocycles. The van der Waals surface area contributed by atoms with Crippen LogP contribution in [0.2, 0.25) is 0 Å². The van der Waals surface area contributed by atoms with Crippen LogP contribution in [-0.2, 0) is 4.79 Å². The van der Waals surface area contributed by atoms with Crippen molar-refractivity contribution in [2.24, 2.45) is 0 Å². The van der Waals surface area contributed by atoms with Gasteiger partial charge in [0.1, 0.15) is 0 Å². The maximum absolute atomic E-state index is 9.43. The summed E-state index contributed by atoms with van der Waals surface area (Å²) in [4.78, 5) is 10.9. The first-order chi connectivity index (χ1) is 2.43. The van der Waals surface area contributed by atoms with Gasteiger partial charge < -0.3 is 0 Å². The van der Waals surface area contributed by atoms with Crippen LogP contribution < -0.4 is 0 Å². The van der Waals surface area contributed by atoms with Crippen molar-refractivity contribution in [3.63, 3.8) is 0 Å². The Morgan fingerprint density at radius 3 is 2.20 bits per heavy atom. The third-order valence-corrected chi connectivity index (χ3v) is 0.443. The Kier molecular flexibility index (Phi) is 0.283. The SMILES string of the molecule is O=CN1C=C1. The van der Waals surface area contributed by atoms with Crippen LogP contribution in [0.15, 0.2) is 12.4 Å². The van der Waals surface area contributed by atoms with Crippen LogP contribution in [0.1, 0.15) is 0 Å². The fraction of sp³-hybridized carbons (Fsp3) is 0. The molecule has 0 aromatic rings. The van der Waals surface area contributed by atoms with Crippen molar-refractivity contribution in [2.45, 2.75) is 0 Å². The zero-order chi connectivity index (χ0) is 3.70. The van der Waals surface area contributed by atoms with E-state index in [2.05, 4.69) is 0 Å². The lowest BCUT2D eigenvalue weighted by Crippen LogP contribution is -1.84. The van der Waals surface area contributed by atoms with Crippen molar-refractivity contribution in [1.82, 2.24) is 4.90 Å². The molecule has 0 N–H and O–H groups in total. The standard InChI is InChI=1S/C3H3NO/c5-3-4-1-2-4/h1-3H. The maximum Gasteiger partial charge on any atom is 0.217 e. The van der Waals surface area contributed by atoms with Crippen LogP contribution in [0.3, 0.4) is 0 Å². The van der Waals surface area contributed by atoms with Gasteiger partial charge in [-0.3, -0.25) is 9.69 Å². The van der Waals surface area contributed by atoms with E-state index in [0.717, 1.165) is 6.41 Å². The van der Waals surface area contributed by atoms with Gasteiger partial charge in [0.25, 0.3) is 0 Å². The van der Waals surface area contributed by atoms with E-state index >= 15 is 0 Å². The molecule has 5 heavy (non-hydrogen) atoms. The van der Waals surface area contributed by atoms with E-state index in [1.165, 1.54) is 4.90 Å². The molecular formula is C3H3NO. The second kappa shape index (κ2) is 0.578. The first-order valence-electron chi connectivity index (χ1n) is 1.34. The first kappa shape index (κ1) is 2.45. The van der Waals surface area contributed by atoms with Crippen molar-refractivity contribution in [3.05, 3.63) is 12.4 Å². The molecule has 26 valence electrons. The van der Waals surface area contributed by atoms with Gasteiger partial charge in [-0.1, -0.05) is 0 Å². The summed E-state index contributed by atoms with van der Waals surface area (Å²) in [6, 6.07) is 0. The normalized spacial score (nSPS) is 15.6. The number of nitrogens with zero attached hydrogens (tertiary/aromatic N) is 1. The minimum absolute atomic E-state index is 0.750. The third-order valence-electron chi connectivity index (χ3n) is 0.443. The monoisotopic (exact) mass is 69.0 g/mol. The van der Waals surface area contributed by atoms with Gasteiger partial charge in [0.05, 0.1) is 0 Å². The van der Waals surface area contributed by atoms with E-state index in [0.29, 0.717) is 0 Å². The Labute approximate surface area is 29.7 Å². The minimum Gasteiger partial charge on any atom is -0.294 e. The van der Waals surface area contributed by atoms with Crippen molar-refractivity contribution >= 4 is 6.41 Å². The molecule has 1 aliphatic rings. The summed E-state index contributed by atoms with van der Waals surface area (Å²) in [5.74, 6) is 0. The lowest BCUT2D eigenvalue weighted by atomic mass is 11.2. The van der Waals surface area contributed by atoms with Crippen LogP contribution in [0.25, 0.3) is 0 Å². The molecule has 1 amide bonds. The lowest BCUT2D eigenvalue weighted by Gasteiger charge is -1.73. The summed E-state index contributed by atoms with van der Waals surface area (Å²) >= 11 is 0. The van der Waals surface area contributed by atoms with Gasteiger partial charge in [-0.05, 0) is 0 Å². The molecule has 0 aromatic heterocycles. The van der Waals surface area contributed by atoms with Crippen molar-refractivity contribution in [2.75, 3.05) is 0 Å². The predicted molar refractivity (Wildman–Crippen MR) is 17.0 cm³/mol. The molecule has 0 fully saturated rings. The molecule has 0 saturated heterocycles. The van der Waals surface area contributed by atoms with E-state index in [9.17, 15) is 4.79 Å². The largest absolute Gasteiger partial charge is 0.294 e. The first-order valence-corrected chi connectivity index (χ1v) is 1.34. The topological polar surface area (TPSA) is 20.1 Å². The Morgan fingerprint density at radius 2 is 2.20 bits per heavy atom. The summed E-state index contributed by atoms with van der Waals surface area (Å²) in [6.07, 6.45) is 4.12. The highest BCUT2D eigenvalue weighted by Crippen LogP contribution is 1.98. The average Bonchev–Trinajstić information content (AvgIpc) is 2.12. The molecule has 0 unspecified atom stereocenters. The summed E-state index contributed by atoms with van der Waals surface area (Å²) in [5, 5.41) is 0. The Bertz CT molecular complexity index is 71.0. The highest BCUT2D eigenvalue weighted by atomic mass is 16.1. The number of hydrogen-bond acceptors (Lipinski definition) is 1. The molecule has 1 rings (SSSR count). The van der Waals surface area contributed by atoms with E-state index in [1.54, 1.807) is 12.4 Å². The van der Waals surface area contributed by atoms with Crippen LogP contribution in [0.5, 0.6) is 0 Å². The van der Waals surface area contributed by atoms with Gasteiger partial charge in [-0.15, -0.1) is 0 Å². The predicted octanol–water partition coefficient (Wildman–Crippen LogP) is -0.0704. The summed E-state index contributed by atoms with van der Waals surface area (Å²) in [7, 11) is 0. The zero-order valence-electron chi connectivity index (χ0n) is 2.59. The smallest absolute Gasteiger partial charge is 0.217 e. The molecule has 2 nitrogen and oxygen atoms in total. The quantitative estimate of drug-likeness (QED) is 0.394. The summed E-state index contributed by atoms with van der Waals surface area (Å²) in [6.45, 7) is 0. The molecule has 0 saturated carbocycles. The van der Waals surface area contributed by atoms with Crippen LogP contribution in [-0.4, -0.2) is 11.3 Å². The molecular weight excluding hydrogens is 66.0 g/mol. The second-order valence-electron chi connectivity index (χ2n) is 0.851. The highest BCUT2D eigenvalue weighted by Gasteiger charge is 1.97. The number of carbonyl (C=O) groups excluding carboxylic acids is 1. The average molecular weight is 69.1 g/mol. The van der Waals surface area contributed by atoms with E-state index in [-0.39, 0.29) is 0 Å². The fourth-order valence-corrected chi connectivity index (χ4v) is 0.109. The number of carbonyl (C=O) groups is 1. The van der Waals surface area contributed by atoms with E-state index in [4.69, 9.17) is 0 Å². The highest BCUT2D eigenvalue weighted by molar-refractivity contribution is 5.55. The van der Waals surface area contributed by atoms with Gasteiger partial charge in [0, 0.05) is 12.4 Å². The lowest BCUT2D eigenvalue weighted by molar-refractivity contribution is -0.112. The number of hydrogen-bond donors (Lipinski definition) is 0. The second-order valence-corrected chi connectivity index (χ2v) is 0.851. The van der Waals surface area contributed by atoms with Crippen LogP contribution >= 0.6 is 0 Å². The molecule has 1 heterocycles. The molecule has 0 bridgehead atoms. The Balaban J connectivity index is 2.28. The van der Waals surface area contributed by atoms with Crippen molar-refractivity contribution in [1.29, 1.82) is 0 Å². The molecule has 0 spiro atoms. The summed E-state index contributed by atoms with van der Waals surface area (Å²) in [5.41, 5.74) is 0. The molecule has 0 atom stereocenters. The summed E-state index contributed by atoms with van der Waals surface area (Å²) < 4.78 is 0. The van der Waals surface area contributed by atoms with Gasteiger partial charge in [-0.25, -0.2) is 0 Å². The molecule has 1 aliphatic heterocycles. The molecule has 2 heteroatoms. The molecule has 0 radical (unpaired) electrons. The Morgan fingerprint density at radius 1 is 1.60 bits per heavy atom. The number of rotatable bonds is 1.